The van der Waals surface area contributed by atoms with E-state index in [1.165, 1.54) is 6.33 Å². The van der Waals surface area contributed by atoms with E-state index in [-0.39, 0.29) is 11.9 Å². The molecule has 7 heteroatoms. The number of hydrogen-bond donors (Lipinski definition) is 2. The number of carbonyl (C=O) groups excluding carboxylic acids is 1. The highest BCUT2D eigenvalue weighted by Crippen LogP contribution is 2.12. The van der Waals surface area contributed by atoms with Crippen molar-refractivity contribution in [3.63, 3.8) is 0 Å². The minimum atomic E-state index is -0.0723. The minimum absolute atomic E-state index is 0.0172. The van der Waals surface area contributed by atoms with Gasteiger partial charge in [0.25, 0.3) is 0 Å². The molecule has 7 nitrogen and oxygen atoms in total. The molecule has 2 rings (SSSR count). The third-order valence-corrected chi connectivity index (χ3v) is 2.83. The number of rotatable bonds is 6. The maximum absolute atomic E-state index is 11.9. The predicted molar refractivity (Wildman–Crippen MR) is 69.1 cm³/mol. The maximum Gasteiger partial charge on any atom is 0.222 e. The van der Waals surface area contributed by atoms with E-state index in [9.17, 15) is 4.79 Å². The van der Waals surface area contributed by atoms with Crippen molar-refractivity contribution in [2.75, 3.05) is 0 Å². The fourth-order valence-corrected chi connectivity index (χ4v) is 1.80. The molecule has 0 saturated carbocycles. The second kappa shape index (κ2) is 6.12. The zero-order valence-corrected chi connectivity index (χ0v) is 11.1. The zero-order valence-electron chi connectivity index (χ0n) is 11.1. The van der Waals surface area contributed by atoms with Crippen molar-refractivity contribution in [2.45, 2.75) is 39.3 Å². The van der Waals surface area contributed by atoms with Gasteiger partial charge in [-0.05, 0) is 13.3 Å². The Labute approximate surface area is 111 Å². The molecule has 0 fully saturated rings. The highest BCUT2D eigenvalue weighted by atomic mass is 16.1. The van der Waals surface area contributed by atoms with Crippen LogP contribution in [0.15, 0.2) is 18.9 Å². The van der Waals surface area contributed by atoms with Crippen molar-refractivity contribution in [3.8, 4) is 0 Å². The molecule has 2 aromatic heterocycles. The number of nitrogens with one attached hydrogen (secondary N) is 2. The Morgan fingerprint density at radius 3 is 3.00 bits per heavy atom. The number of imidazole rings is 1. The number of aromatic amines is 1. The molecule has 0 spiro atoms. The molecule has 0 bridgehead atoms. The normalized spacial score (nSPS) is 12.3. The van der Waals surface area contributed by atoms with Gasteiger partial charge in [-0.2, -0.15) is 5.10 Å². The third-order valence-electron chi connectivity index (χ3n) is 2.83. The molecule has 2 aromatic rings. The second-order valence-corrected chi connectivity index (χ2v) is 4.39. The average Bonchev–Trinajstić information content (AvgIpc) is 3.04. The molecule has 19 heavy (non-hydrogen) atoms. The summed E-state index contributed by atoms with van der Waals surface area (Å²) in [5.74, 6) is 0.783. The summed E-state index contributed by atoms with van der Waals surface area (Å²) in [6, 6.07) is -0.0723. The predicted octanol–water partition coefficient (Wildman–Crippen LogP) is 0.967. The van der Waals surface area contributed by atoms with Crippen molar-refractivity contribution >= 4 is 5.91 Å². The smallest absolute Gasteiger partial charge is 0.222 e. The molecule has 0 aliphatic carbocycles. The number of aromatic nitrogens is 5. The Hall–Kier alpha value is -2.18. The van der Waals surface area contributed by atoms with Gasteiger partial charge in [0.05, 0.1) is 12.6 Å². The van der Waals surface area contributed by atoms with Crippen molar-refractivity contribution in [3.05, 3.63) is 30.4 Å². The number of carbonyl (C=O) groups is 1. The summed E-state index contributed by atoms with van der Waals surface area (Å²) in [6.45, 7) is 4.48. The van der Waals surface area contributed by atoms with Gasteiger partial charge >= 0.3 is 0 Å². The quantitative estimate of drug-likeness (QED) is 0.811. The van der Waals surface area contributed by atoms with Crippen LogP contribution in [0.4, 0.5) is 0 Å². The van der Waals surface area contributed by atoms with Gasteiger partial charge in [0.2, 0.25) is 5.91 Å². The van der Waals surface area contributed by atoms with Crippen LogP contribution in [0, 0.1) is 6.92 Å². The first kappa shape index (κ1) is 13.3. The maximum atomic E-state index is 11.9. The van der Waals surface area contributed by atoms with Gasteiger partial charge < -0.3 is 10.3 Å². The van der Waals surface area contributed by atoms with E-state index >= 15 is 0 Å². The lowest BCUT2D eigenvalue weighted by Gasteiger charge is -2.14. The lowest BCUT2D eigenvalue weighted by Crippen LogP contribution is -2.29. The Morgan fingerprint density at radius 2 is 2.42 bits per heavy atom. The number of amides is 1. The fraction of sp³-hybridized carbons (Fsp3) is 0.500. The molecular weight excluding hydrogens is 244 g/mol. The van der Waals surface area contributed by atoms with E-state index in [4.69, 9.17) is 0 Å². The van der Waals surface area contributed by atoms with Crippen LogP contribution < -0.4 is 5.32 Å². The fourth-order valence-electron chi connectivity index (χ4n) is 1.80. The molecule has 2 N–H and O–H groups in total. The minimum Gasteiger partial charge on any atom is -0.346 e. The Balaban J connectivity index is 1.86. The highest BCUT2D eigenvalue weighted by Gasteiger charge is 2.15. The van der Waals surface area contributed by atoms with Crippen LogP contribution in [0.3, 0.4) is 0 Å². The molecule has 102 valence electrons. The van der Waals surface area contributed by atoms with Crippen LogP contribution in [0.2, 0.25) is 0 Å². The summed E-state index contributed by atoms with van der Waals surface area (Å²) in [7, 11) is 0. The van der Waals surface area contributed by atoms with Crippen molar-refractivity contribution in [2.24, 2.45) is 0 Å². The summed E-state index contributed by atoms with van der Waals surface area (Å²) in [5.41, 5.74) is 0.991. The standard InChI is InChI=1S/C12H18N6O/c1-3-10(12-14-6-9(2)16-12)17-11(19)4-5-18-8-13-7-15-18/h6-8,10H,3-5H2,1-2H3,(H,14,16)(H,17,19). The van der Waals surface area contributed by atoms with Gasteiger partial charge in [-0.3, -0.25) is 9.48 Å². The van der Waals surface area contributed by atoms with Crippen LogP contribution in [-0.2, 0) is 11.3 Å². The summed E-state index contributed by atoms with van der Waals surface area (Å²) >= 11 is 0. The van der Waals surface area contributed by atoms with Crippen molar-refractivity contribution < 1.29 is 4.79 Å². The summed E-state index contributed by atoms with van der Waals surface area (Å²) in [6.07, 6.45) is 5.99. The molecule has 2 heterocycles. The molecule has 0 aliphatic heterocycles. The molecule has 0 aliphatic rings. The van der Waals surface area contributed by atoms with E-state index in [1.807, 2.05) is 13.8 Å². The van der Waals surface area contributed by atoms with Crippen LogP contribution >= 0.6 is 0 Å². The second-order valence-electron chi connectivity index (χ2n) is 4.39. The van der Waals surface area contributed by atoms with Gasteiger partial charge in [-0.1, -0.05) is 6.92 Å². The highest BCUT2D eigenvalue weighted by molar-refractivity contribution is 5.76. The van der Waals surface area contributed by atoms with Gasteiger partial charge in [-0.25, -0.2) is 9.97 Å². The zero-order chi connectivity index (χ0) is 13.7. The monoisotopic (exact) mass is 262 g/mol. The van der Waals surface area contributed by atoms with Crippen LogP contribution in [0.1, 0.15) is 37.3 Å². The van der Waals surface area contributed by atoms with Gasteiger partial charge in [-0.15, -0.1) is 0 Å². The Morgan fingerprint density at radius 1 is 1.58 bits per heavy atom. The van der Waals surface area contributed by atoms with Gasteiger partial charge in [0.15, 0.2) is 0 Å². The van der Waals surface area contributed by atoms with E-state index < -0.39 is 0 Å². The van der Waals surface area contributed by atoms with E-state index in [1.54, 1.807) is 17.2 Å². The van der Waals surface area contributed by atoms with Crippen molar-refractivity contribution in [1.82, 2.24) is 30.0 Å². The molecule has 0 saturated heterocycles. The average molecular weight is 262 g/mol. The van der Waals surface area contributed by atoms with E-state index in [0.717, 1.165) is 17.9 Å². The molecule has 0 aromatic carbocycles. The lowest BCUT2D eigenvalue weighted by atomic mass is 10.2. The number of nitrogens with zero attached hydrogens (tertiary/aromatic N) is 4. The summed E-state index contributed by atoms with van der Waals surface area (Å²) < 4.78 is 1.64. The van der Waals surface area contributed by atoms with E-state index in [0.29, 0.717) is 13.0 Å². The SMILES string of the molecule is CCC(NC(=O)CCn1cncn1)c1ncc(C)[nH]1. The summed E-state index contributed by atoms with van der Waals surface area (Å²) in [4.78, 5) is 23.1. The van der Waals surface area contributed by atoms with Crippen LogP contribution in [-0.4, -0.2) is 30.6 Å². The summed E-state index contributed by atoms with van der Waals surface area (Å²) in [5, 5.41) is 6.92. The van der Waals surface area contributed by atoms with E-state index in [2.05, 4.69) is 25.4 Å². The molecule has 1 atom stereocenters. The third kappa shape index (κ3) is 3.64. The first-order chi connectivity index (χ1) is 9.19. The Kier molecular flexibility index (Phi) is 4.27. The molecular formula is C12H18N6O. The molecule has 1 amide bonds. The molecule has 1 unspecified atom stereocenters. The lowest BCUT2D eigenvalue weighted by molar-refractivity contribution is -0.122. The number of H-pyrrole nitrogens is 1. The van der Waals surface area contributed by atoms with Gasteiger partial charge in [0.1, 0.15) is 18.5 Å². The largest absolute Gasteiger partial charge is 0.346 e. The van der Waals surface area contributed by atoms with Crippen LogP contribution in [0.25, 0.3) is 0 Å². The van der Waals surface area contributed by atoms with Crippen LogP contribution in [0.5, 0.6) is 0 Å². The topological polar surface area (TPSA) is 88.5 Å². The Bertz CT molecular complexity index is 518. The van der Waals surface area contributed by atoms with Crippen molar-refractivity contribution in [1.29, 1.82) is 0 Å². The number of hydrogen-bond acceptors (Lipinski definition) is 4. The first-order valence-electron chi connectivity index (χ1n) is 6.32. The molecule has 0 radical (unpaired) electrons. The first-order valence-corrected chi connectivity index (χ1v) is 6.32. The van der Waals surface area contributed by atoms with Gasteiger partial charge in [0, 0.05) is 18.3 Å². The number of aryl methyl sites for hydroxylation is 2.